The predicted octanol–water partition coefficient (Wildman–Crippen LogP) is 2.16. The first-order valence-corrected chi connectivity index (χ1v) is 10.7. The Morgan fingerprint density at radius 1 is 1.23 bits per heavy atom. The minimum atomic E-state index is -3.59. The maximum Gasteiger partial charge on any atom is 0.251 e. The number of likely N-dealkylation sites (tertiary alicyclic amines) is 1. The van der Waals surface area contributed by atoms with Gasteiger partial charge in [-0.25, -0.2) is 12.7 Å². The highest BCUT2D eigenvalue weighted by Gasteiger charge is 2.25. The van der Waals surface area contributed by atoms with Crippen LogP contribution in [0.2, 0.25) is 0 Å². The lowest BCUT2D eigenvalue weighted by Gasteiger charge is -2.32. The number of piperidine rings is 1. The Morgan fingerprint density at radius 2 is 1.85 bits per heavy atom. The standard InChI is InChI=1S/C19H31N3O3S/c1-6-9-22-10-7-17(8-11-22)20-19(23)16-12-14(2)15(3)18(13-16)26(24,25)21(4)5/h12-13,17H,6-11H2,1-5H3,(H,20,23). The van der Waals surface area contributed by atoms with Crippen molar-refractivity contribution in [2.45, 2.75) is 51.0 Å². The Balaban J connectivity index is 2.16. The molecule has 1 saturated heterocycles. The first kappa shape index (κ1) is 20.9. The van der Waals surface area contributed by atoms with Gasteiger partial charge in [-0.2, -0.15) is 0 Å². The SMILES string of the molecule is CCCN1CCC(NC(=O)c2cc(C)c(C)c(S(=O)(=O)N(C)C)c2)CC1. The molecule has 7 heteroatoms. The number of hydrogen-bond donors (Lipinski definition) is 1. The molecule has 2 rings (SSSR count). The number of benzene rings is 1. The summed E-state index contributed by atoms with van der Waals surface area (Å²) < 4.78 is 26.3. The molecule has 0 aliphatic carbocycles. The molecule has 0 atom stereocenters. The van der Waals surface area contributed by atoms with Gasteiger partial charge in [0.2, 0.25) is 10.0 Å². The van der Waals surface area contributed by atoms with Crippen LogP contribution in [0.15, 0.2) is 17.0 Å². The van der Waals surface area contributed by atoms with Gasteiger partial charge >= 0.3 is 0 Å². The molecule has 0 bridgehead atoms. The maximum atomic E-state index is 12.7. The van der Waals surface area contributed by atoms with Crippen LogP contribution in [0.4, 0.5) is 0 Å². The molecule has 1 heterocycles. The van der Waals surface area contributed by atoms with Gasteiger partial charge in [0.05, 0.1) is 4.90 Å². The fraction of sp³-hybridized carbons (Fsp3) is 0.632. The number of carbonyl (C=O) groups is 1. The normalized spacial score (nSPS) is 16.8. The summed E-state index contributed by atoms with van der Waals surface area (Å²) in [7, 11) is -0.584. The number of aryl methyl sites for hydroxylation is 1. The second-order valence-corrected chi connectivity index (χ2v) is 9.41. The minimum absolute atomic E-state index is 0.145. The molecule has 0 saturated carbocycles. The number of nitrogens with zero attached hydrogens (tertiary/aromatic N) is 2. The van der Waals surface area contributed by atoms with Gasteiger partial charge in [0, 0.05) is 38.8 Å². The van der Waals surface area contributed by atoms with Gasteiger partial charge in [-0.05, 0) is 62.9 Å². The third-order valence-corrected chi connectivity index (χ3v) is 7.04. The first-order chi connectivity index (χ1) is 12.2. The number of sulfonamides is 1. The number of rotatable bonds is 6. The van der Waals surface area contributed by atoms with Crippen LogP contribution in [0.3, 0.4) is 0 Å². The second-order valence-electron chi connectivity index (χ2n) is 7.29. The van der Waals surface area contributed by atoms with Gasteiger partial charge in [0.1, 0.15) is 0 Å². The Labute approximate surface area is 157 Å². The summed E-state index contributed by atoms with van der Waals surface area (Å²) in [5.74, 6) is -0.197. The van der Waals surface area contributed by atoms with Crippen LogP contribution in [0.5, 0.6) is 0 Å². The number of amides is 1. The molecule has 26 heavy (non-hydrogen) atoms. The van der Waals surface area contributed by atoms with Gasteiger partial charge in [0.15, 0.2) is 0 Å². The van der Waals surface area contributed by atoms with Gasteiger partial charge in [0.25, 0.3) is 5.91 Å². The minimum Gasteiger partial charge on any atom is -0.349 e. The van der Waals surface area contributed by atoms with Crippen LogP contribution >= 0.6 is 0 Å². The third kappa shape index (κ3) is 4.64. The fourth-order valence-corrected chi connectivity index (χ4v) is 4.53. The molecule has 1 N–H and O–H groups in total. The van der Waals surface area contributed by atoms with E-state index < -0.39 is 10.0 Å². The predicted molar refractivity (Wildman–Crippen MR) is 104 cm³/mol. The average molecular weight is 382 g/mol. The second kappa shape index (κ2) is 8.50. The van der Waals surface area contributed by atoms with E-state index in [1.54, 1.807) is 13.0 Å². The molecule has 1 fully saturated rings. The zero-order valence-electron chi connectivity index (χ0n) is 16.5. The molecule has 0 unspecified atom stereocenters. The lowest BCUT2D eigenvalue weighted by atomic mass is 10.0. The summed E-state index contributed by atoms with van der Waals surface area (Å²) in [6.07, 6.45) is 3.00. The quantitative estimate of drug-likeness (QED) is 0.820. The molecule has 1 aromatic rings. The van der Waals surface area contributed by atoms with E-state index in [0.717, 1.165) is 44.5 Å². The summed E-state index contributed by atoms with van der Waals surface area (Å²) in [5, 5.41) is 3.08. The van der Waals surface area contributed by atoms with E-state index in [-0.39, 0.29) is 16.8 Å². The molecular formula is C19H31N3O3S. The van der Waals surface area contributed by atoms with E-state index in [1.165, 1.54) is 24.5 Å². The fourth-order valence-electron chi connectivity index (χ4n) is 3.31. The largest absolute Gasteiger partial charge is 0.349 e. The van der Waals surface area contributed by atoms with Crippen LogP contribution in [0.25, 0.3) is 0 Å². The topological polar surface area (TPSA) is 69.7 Å². The average Bonchev–Trinajstić information content (AvgIpc) is 2.58. The Kier molecular flexibility index (Phi) is 6.82. The van der Waals surface area contributed by atoms with Crippen molar-refractivity contribution in [3.8, 4) is 0 Å². The third-order valence-electron chi connectivity index (χ3n) is 5.10. The number of nitrogens with one attached hydrogen (secondary N) is 1. The van der Waals surface area contributed by atoms with Crippen LogP contribution in [0, 0.1) is 13.8 Å². The Hall–Kier alpha value is -1.44. The van der Waals surface area contributed by atoms with Crippen molar-refractivity contribution in [3.05, 3.63) is 28.8 Å². The van der Waals surface area contributed by atoms with Crippen molar-refractivity contribution < 1.29 is 13.2 Å². The molecule has 1 aliphatic rings. The van der Waals surface area contributed by atoms with E-state index >= 15 is 0 Å². The van der Waals surface area contributed by atoms with Crippen molar-refractivity contribution in [1.82, 2.24) is 14.5 Å². The van der Waals surface area contributed by atoms with E-state index in [9.17, 15) is 13.2 Å². The Morgan fingerprint density at radius 3 is 2.38 bits per heavy atom. The van der Waals surface area contributed by atoms with Crippen molar-refractivity contribution >= 4 is 15.9 Å². The maximum absolute atomic E-state index is 12.7. The molecular weight excluding hydrogens is 350 g/mol. The van der Waals surface area contributed by atoms with E-state index in [1.807, 2.05) is 6.92 Å². The summed E-state index contributed by atoms with van der Waals surface area (Å²) in [6.45, 7) is 8.87. The lowest BCUT2D eigenvalue weighted by molar-refractivity contribution is 0.0911. The highest BCUT2D eigenvalue weighted by Crippen LogP contribution is 2.23. The van der Waals surface area contributed by atoms with E-state index in [0.29, 0.717) is 11.1 Å². The zero-order chi connectivity index (χ0) is 19.5. The molecule has 0 spiro atoms. The van der Waals surface area contributed by atoms with Crippen molar-refractivity contribution in [3.63, 3.8) is 0 Å². The summed E-state index contributed by atoms with van der Waals surface area (Å²) >= 11 is 0. The number of carbonyl (C=O) groups excluding carboxylic acids is 1. The van der Waals surface area contributed by atoms with Gasteiger partial charge in [-0.15, -0.1) is 0 Å². The lowest BCUT2D eigenvalue weighted by Crippen LogP contribution is -2.44. The summed E-state index contributed by atoms with van der Waals surface area (Å²) in [6, 6.07) is 3.41. The van der Waals surface area contributed by atoms with Crippen LogP contribution in [-0.4, -0.2) is 63.3 Å². The summed E-state index contributed by atoms with van der Waals surface area (Å²) in [5.41, 5.74) is 1.89. The van der Waals surface area contributed by atoms with E-state index in [4.69, 9.17) is 0 Å². The molecule has 0 radical (unpaired) electrons. The summed E-state index contributed by atoms with van der Waals surface area (Å²) in [4.78, 5) is 15.3. The molecule has 1 aliphatic heterocycles. The highest BCUT2D eigenvalue weighted by molar-refractivity contribution is 7.89. The van der Waals surface area contributed by atoms with Crippen molar-refractivity contribution in [2.24, 2.45) is 0 Å². The highest BCUT2D eigenvalue weighted by atomic mass is 32.2. The van der Waals surface area contributed by atoms with E-state index in [2.05, 4.69) is 17.1 Å². The number of hydrogen-bond acceptors (Lipinski definition) is 4. The molecule has 1 aromatic carbocycles. The van der Waals surface area contributed by atoms with Crippen LogP contribution < -0.4 is 5.32 Å². The van der Waals surface area contributed by atoms with Gasteiger partial charge in [-0.3, -0.25) is 4.79 Å². The molecule has 6 nitrogen and oxygen atoms in total. The first-order valence-electron chi connectivity index (χ1n) is 9.23. The van der Waals surface area contributed by atoms with Crippen LogP contribution in [0.1, 0.15) is 47.7 Å². The monoisotopic (exact) mass is 381 g/mol. The molecule has 1 amide bonds. The van der Waals surface area contributed by atoms with Crippen molar-refractivity contribution in [2.75, 3.05) is 33.7 Å². The van der Waals surface area contributed by atoms with Crippen LogP contribution in [-0.2, 0) is 10.0 Å². The zero-order valence-corrected chi connectivity index (χ0v) is 17.3. The molecule has 146 valence electrons. The Bertz CT molecular complexity index is 752. The van der Waals surface area contributed by atoms with Gasteiger partial charge in [-0.1, -0.05) is 6.92 Å². The smallest absolute Gasteiger partial charge is 0.251 e. The molecule has 0 aromatic heterocycles. The van der Waals surface area contributed by atoms with Crippen molar-refractivity contribution in [1.29, 1.82) is 0 Å². The van der Waals surface area contributed by atoms with Gasteiger partial charge < -0.3 is 10.2 Å².